The van der Waals surface area contributed by atoms with E-state index in [4.69, 9.17) is 15.6 Å². The summed E-state index contributed by atoms with van der Waals surface area (Å²) in [5.74, 6) is -0.172. The summed E-state index contributed by atoms with van der Waals surface area (Å²) in [6.45, 7) is 3.00. The number of rotatable bonds is 7. The lowest BCUT2D eigenvalue weighted by atomic mass is 10.3. The van der Waals surface area contributed by atoms with Gasteiger partial charge in [-0.3, -0.25) is 4.79 Å². The van der Waals surface area contributed by atoms with Gasteiger partial charge in [-0.15, -0.1) is 0 Å². The molecule has 0 aromatic carbocycles. The van der Waals surface area contributed by atoms with E-state index in [-0.39, 0.29) is 18.6 Å². The standard InChI is InChI=1S/C8H18N2O3/c1-7(11)2-4-10-8(12)6-13-5-3-9/h7,11H,2-6,9H2,1H3,(H,10,12). The molecule has 1 atom stereocenters. The zero-order valence-corrected chi connectivity index (χ0v) is 7.95. The summed E-state index contributed by atoms with van der Waals surface area (Å²) in [6.07, 6.45) is 0.174. The molecule has 13 heavy (non-hydrogen) atoms. The monoisotopic (exact) mass is 190 g/mol. The zero-order chi connectivity index (χ0) is 10.1. The maximum absolute atomic E-state index is 10.9. The number of aliphatic hydroxyl groups excluding tert-OH is 1. The third-order valence-corrected chi connectivity index (χ3v) is 1.38. The lowest BCUT2D eigenvalue weighted by Crippen LogP contribution is -2.30. The minimum absolute atomic E-state index is 0.0387. The van der Waals surface area contributed by atoms with Crippen LogP contribution in [0.2, 0.25) is 0 Å². The topological polar surface area (TPSA) is 84.6 Å². The van der Waals surface area contributed by atoms with Gasteiger partial charge in [-0.2, -0.15) is 0 Å². The average Bonchev–Trinajstić information content (AvgIpc) is 2.04. The van der Waals surface area contributed by atoms with Crippen LogP contribution >= 0.6 is 0 Å². The molecule has 0 aliphatic heterocycles. The fraction of sp³-hybridized carbons (Fsp3) is 0.875. The predicted molar refractivity (Wildman–Crippen MR) is 49.2 cm³/mol. The Bertz CT molecular complexity index is 139. The van der Waals surface area contributed by atoms with Crippen molar-refractivity contribution in [3.63, 3.8) is 0 Å². The molecular weight excluding hydrogens is 172 g/mol. The van der Waals surface area contributed by atoms with E-state index in [9.17, 15) is 4.79 Å². The number of nitrogens with one attached hydrogen (secondary N) is 1. The maximum atomic E-state index is 10.9. The van der Waals surface area contributed by atoms with Gasteiger partial charge in [0, 0.05) is 13.1 Å². The smallest absolute Gasteiger partial charge is 0.245 e. The van der Waals surface area contributed by atoms with Crippen molar-refractivity contribution in [3.05, 3.63) is 0 Å². The van der Waals surface area contributed by atoms with E-state index in [1.165, 1.54) is 0 Å². The molecule has 5 heteroatoms. The minimum atomic E-state index is -0.384. The van der Waals surface area contributed by atoms with Crippen LogP contribution in [-0.2, 0) is 9.53 Å². The fourth-order valence-electron chi connectivity index (χ4n) is 0.720. The Morgan fingerprint density at radius 2 is 2.38 bits per heavy atom. The maximum Gasteiger partial charge on any atom is 0.245 e. The molecule has 1 unspecified atom stereocenters. The van der Waals surface area contributed by atoms with Gasteiger partial charge in [-0.05, 0) is 13.3 Å². The molecule has 0 heterocycles. The van der Waals surface area contributed by atoms with E-state index in [0.717, 1.165) is 0 Å². The van der Waals surface area contributed by atoms with Crippen molar-refractivity contribution in [1.82, 2.24) is 5.32 Å². The first-order chi connectivity index (χ1) is 6.16. The second-order valence-electron chi connectivity index (χ2n) is 2.83. The van der Waals surface area contributed by atoms with E-state index in [1.807, 2.05) is 0 Å². The summed E-state index contributed by atoms with van der Waals surface area (Å²) in [7, 11) is 0. The number of aliphatic hydroxyl groups is 1. The molecule has 0 saturated heterocycles. The van der Waals surface area contributed by atoms with Crippen LogP contribution in [0.1, 0.15) is 13.3 Å². The summed E-state index contributed by atoms with van der Waals surface area (Å²) in [4.78, 5) is 10.9. The average molecular weight is 190 g/mol. The molecule has 0 rings (SSSR count). The van der Waals surface area contributed by atoms with Crippen molar-refractivity contribution in [2.75, 3.05) is 26.3 Å². The molecule has 0 aromatic rings. The van der Waals surface area contributed by atoms with Gasteiger partial charge in [-0.1, -0.05) is 0 Å². The van der Waals surface area contributed by atoms with Gasteiger partial charge in [-0.25, -0.2) is 0 Å². The predicted octanol–water partition coefficient (Wildman–Crippen LogP) is -1.15. The Morgan fingerprint density at radius 3 is 2.92 bits per heavy atom. The van der Waals surface area contributed by atoms with Gasteiger partial charge in [0.1, 0.15) is 6.61 Å². The van der Waals surface area contributed by atoms with E-state index >= 15 is 0 Å². The molecule has 78 valence electrons. The van der Waals surface area contributed by atoms with Crippen molar-refractivity contribution >= 4 is 5.91 Å². The third kappa shape index (κ3) is 9.26. The van der Waals surface area contributed by atoms with E-state index in [1.54, 1.807) is 6.92 Å². The van der Waals surface area contributed by atoms with Gasteiger partial charge >= 0.3 is 0 Å². The first-order valence-electron chi connectivity index (χ1n) is 4.39. The molecule has 0 aliphatic carbocycles. The highest BCUT2D eigenvalue weighted by Gasteiger charge is 2.01. The molecule has 5 nitrogen and oxygen atoms in total. The van der Waals surface area contributed by atoms with Crippen molar-refractivity contribution in [2.45, 2.75) is 19.4 Å². The first-order valence-corrected chi connectivity index (χ1v) is 4.39. The van der Waals surface area contributed by atoms with Crippen LogP contribution < -0.4 is 11.1 Å². The molecule has 0 aliphatic rings. The number of amides is 1. The van der Waals surface area contributed by atoms with Gasteiger partial charge in [0.05, 0.1) is 12.7 Å². The quantitative estimate of drug-likeness (QED) is 0.442. The lowest BCUT2D eigenvalue weighted by molar-refractivity contribution is -0.125. The summed E-state index contributed by atoms with van der Waals surface area (Å²) >= 11 is 0. The van der Waals surface area contributed by atoms with Gasteiger partial charge in [0.15, 0.2) is 0 Å². The SMILES string of the molecule is CC(O)CCNC(=O)COCCN. The van der Waals surface area contributed by atoms with Crippen LogP contribution in [0.25, 0.3) is 0 Å². The highest BCUT2D eigenvalue weighted by Crippen LogP contribution is 1.85. The van der Waals surface area contributed by atoms with Crippen LogP contribution in [0, 0.1) is 0 Å². The van der Waals surface area contributed by atoms with Gasteiger partial charge in [0.25, 0.3) is 0 Å². The molecule has 4 N–H and O–H groups in total. The lowest BCUT2D eigenvalue weighted by Gasteiger charge is -2.06. The van der Waals surface area contributed by atoms with Gasteiger partial charge < -0.3 is 20.9 Å². The van der Waals surface area contributed by atoms with Gasteiger partial charge in [0.2, 0.25) is 5.91 Å². The molecule has 0 radical (unpaired) electrons. The van der Waals surface area contributed by atoms with Crippen molar-refractivity contribution in [1.29, 1.82) is 0 Å². The molecule has 0 aromatic heterocycles. The normalized spacial score (nSPS) is 12.5. The van der Waals surface area contributed by atoms with Crippen molar-refractivity contribution in [2.24, 2.45) is 5.73 Å². The van der Waals surface area contributed by atoms with E-state index < -0.39 is 0 Å². The van der Waals surface area contributed by atoms with E-state index in [0.29, 0.717) is 26.1 Å². The summed E-state index contributed by atoms with van der Waals surface area (Å²) in [5, 5.41) is 11.5. The fourth-order valence-corrected chi connectivity index (χ4v) is 0.720. The summed E-state index contributed by atoms with van der Waals surface area (Å²) in [6, 6.07) is 0. The Balaban J connectivity index is 3.20. The Morgan fingerprint density at radius 1 is 1.69 bits per heavy atom. The minimum Gasteiger partial charge on any atom is -0.393 e. The number of hydrogen-bond acceptors (Lipinski definition) is 4. The molecule has 0 bridgehead atoms. The van der Waals surface area contributed by atoms with E-state index in [2.05, 4.69) is 5.32 Å². The van der Waals surface area contributed by atoms with Crippen molar-refractivity contribution < 1.29 is 14.6 Å². The highest BCUT2D eigenvalue weighted by molar-refractivity contribution is 5.77. The van der Waals surface area contributed by atoms with Crippen LogP contribution in [0.5, 0.6) is 0 Å². The van der Waals surface area contributed by atoms with Crippen LogP contribution in [0.15, 0.2) is 0 Å². The number of hydrogen-bond donors (Lipinski definition) is 3. The number of nitrogens with two attached hydrogens (primary N) is 1. The summed E-state index contributed by atoms with van der Waals surface area (Å²) in [5.41, 5.74) is 5.16. The largest absolute Gasteiger partial charge is 0.393 e. The Kier molecular flexibility index (Phi) is 7.57. The van der Waals surface area contributed by atoms with Crippen LogP contribution in [0.4, 0.5) is 0 Å². The molecule has 0 spiro atoms. The molecule has 1 amide bonds. The summed E-state index contributed by atoms with van der Waals surface area (Å²) < 4.78 is 4.90. The molecule has 0 fully saturated rings. The Labute approximate surface area is 78.3 Å². The number of ether oxygens (including phenoxy) is 1. The third-order valence-electron chi connectivity index (χ3n) is 1.38. The second-order valence-corrected chi connectivity index (χ2v) is 2.83. The Hall–Kier alpha value is -0.650. The zero-order valence-electron chi connectivity index (χ0n) is 7.95. The molecular formula is C8H18N2O3. The van der Waals surface area contributed by atoms with Crippen LogP contribution in [-0.4, -0.2) is 43.4 Å². The number of carbonyl (C=O) groups excluding carboxylic acids is 1. The molecule has 0 saturated carbocycles. The highest BCUT2D eigenvalue weighted by atomic mass is 16.5. The number of carbonyl (C=O) groups is 1. The van der Waals surface area contributed by atoms with Crippen LogP contribution in [0.3, 0.4) is 0 Å². The first kappa shape index (κ1) is 12.3. The van der Waals surface area contributed by atoms with Crippen molar-refractivity contribution in [3.8, 4) is 0 Å². The second kappa shape index (κ2) is 7.97.